The Hall–Kier alpha value is -2.94. The summed E-state index contributed by atoms with van der Waals surface area (Å²) in [5.41, 5.74) is 3.48. The second-order valence-electron chi connectivity index (χ2n) is 8.22. The Labute approximate surface area is 188 Å². The van der Waals surface area contributed by atoms with Crippen LogP contribution in [0.2, 0.25) is 0 Å². The standard InChI is InChI=1S/C23H29N3O5S/c1-4-22(19-13-12-17-8-5-6-9-18(17)14-19)24-23(27)16(2)25(32(3,30)31)20-10-7-11-21(15-20)26(28)29/h7,10-16,22H,4-6,8-9H2,1-3H3,(H,24,27)/t16-,22+/m0/s1. The van der Waals surface area contributed by atoms with Crippen LogP contribution in [0.4, 0.5) is 11.4 Å². The molecule has 0 spiro atoms. The average molecular weight is 460 g/mol. The lowest BCUT2D eigenvalue weighted by Gasteiger charge is -2.30. The van der Waals surface area contributed by atoms with Crippen molar-refractivity contribution in [3.05, 3.63) is 69.3 Å². The Morgan fingerprint density at radius 1 is 1.16 bits per heavy atom. The molecule has 32 heavy (non-hydrogen) atoms. The summed E-state index contributed by atoms with van der Waals surface area (Å²) in [7, 11) is -3.87. The summed E-state index contributed by atoms with van der Waals surface area (Å²) in [5.74, 6) is -0.466. The van der Waals surface area contributed by atoms with E-state index in [2.05, 4.69) is 17.4 Å². The van der Waals surface area contributed by atoms with Gasteiger partial charge in [0.05, 0.1) is 22.9 Å². The Kier molecular flexibility index (Phi) is 7.18. The number of nitrogens with zero attached hydrogens (tertiary/aromatic N) is 2. The van der Waals surface area contributed by atoms with E-state index in [1.165, 1.54) is 42.7 Å². The number of benzene rings is 2. The molecule has 9 heteroatoms. The lowest BCUT2D eigenvalue weighted by Crippen LogP contribution is -2.48. The highest BCUT2D eigenvalue weighted by Crippen LogP contribution is 2.28. The number of non-ortho nitro benzene ring substituents is 1. The predicted molar refractivity (Wildman–Crippen MR) is 124 cm³/mol. The van der Waals surface area contributed by atoms with Crippen molar-refractivity contribution >= 4 is 27.3 Å². The van der Waals surface area contributed by atoms with E-state index in [0.29, 0.717) is 6.42 Å². The number of hydrogen-bond donors (Lipinski definition) is 1. The van der Waals surface area contributed by atoms with E-state index < -0.39 is 26.9 Å². The zero-order valence-corrected chi connectivity index (χ0v) is 19.4. The van der Waals surface area contributed by atoms with Crippen LogP contribution in [0, 0.1) is 10.1 Å². The minimum atomic E-state index is -3.87. The molecule has 0 saturated carbocycles. The first-order valence-electron chi connectivity index (χ1n) is 10.8. The van der Waals surface area contributed by atoms with Crippen LogP contribution in [-0.2, 0) is 27.7 Å². The molecule has 8 nitrogen and oxygen atoms in total. The van der Waals surface area contributed by atoms with E-state index in [1.54, 1.807) is 0 Å². The molecule has 0 bridgehead atoms. The molecule has 0 unspecified atom stereocenters. The van der Waals surface area contributed by atoms with Crippen LogP contribution in [0.25, 0.3) is 0 Å². The van der Waals surface area contributed by atoms with E-state index in [4.69, 9.17) is 0 Å². The zero-order valence-electron chi connectivity index (χ0n) is 18.6. The zero-order chi connectivity index (χ0) is 23.5. The maximum absolute atomic E-state index is 13.1. The second-order valence-corrected chi connectivity index (χ2v) is 10.1. The number of carbonyl (C=O) groups is 1. The number of aryl methyl sites for hydroxylation is 2. The second kappa shape index (κ2) is 9.68. The van der Waals surface area contributed by atoms with Gasteiger partial charge < -0.3 is 5.32 Å². The van der Waals surface area contributed by atoms with Crippen LogP contribution < -0.4 is 9.62 Å². The lowest BCUT2D eigenvalue weighted by atomic mass is 9.88. The first-order chi connectivity index (χ1) is 15.1. The van der Waals surface area contributed by atoms with Gasteiger partial charge in [0.1, 0.15) is 6.04 Å². The van der Waals surface area contributed by atoms with Gasteiger partial charge >= 0.3 is 0 Å². The summed E-state index contributed by atoms with van der Waals surface area (Å²) in [6.07, 6.45) is 6.07. The molecule has 172 valence electrons. The highest BCUT2D eigenvalue weighted by molar-refractivity contribution is 7.92. The van der Waals surface area contributed by atoms with Crippen LogP contribution in [0.1, 0.15) is 55.8 Å². The Morgan fingerprint density at radius 3 is 2.47 bits per heavy atom. The number of amides is 1. The molecule has 0 aliphatic heterocycles. The number of nitro groups is 1. The first kappa shape index (κ1) is 23.7. The quantitative estimate of drug-likeness (QED) is 0.476. The van der Waals surface area contributed by atoms with Crippen molar-refractivity contribution in [1.29, 1.82) is 0 Å². The van der Waals surface area contributed by atoms with Gasteiger partial charge in [0, 0.05) is 12.1 Å². The third-order valence-electron chi connectivity index (χ3n) is 5.88. The highest BCUT2D eigenvalue weighted by Gasteiger charge is 2.31. The van der Waals surface area contributed by atoms with E-state index >= 15 is 0 Å². The fourth-order valence-electron chi connectivity index (χ4n) is 4.24. The molecule has 0 aromatic heterocycles. The minimum absolute atomic E-state index is 0.0752. The van der Waals surface area contributed by atoms with E-state index in [1.807, 2.05) is 13.0 Å². The summed E-state index contributed by atoms with van der Waals surface area (Å²) >= 11 is 0. The summed E-state index contributed by atoms with van der Waals surface area (Å²) in [6.45, 7) is 3.44. The van der Waals surface area contributed by atoms with Crippen molar-refractivity contribution in [2.75, 3.05) is 10.6 Å². The molecule has 2 atom stereocenters. The van der Waals surface area contributed by atoms with Gasteiger partial charge in [0.15, 0.2) is 0 Å². The van der Waals surface area contributed by atoms with Gasteiger partial charge in [-0.3, -0.25) is 19.2 Å². The maximum Gasteiger partial charge on any atom is 0.271 e. The summed E-state index contributed by atoms with van der Waals surface area (Å²) in [5, 5.41) is 14.1. The molecule has 1 N–H and O–H groups in total. The van der Waals surface area contributed by atoms with E-state index in [-0.39, 0.29) is 17.4 Å². The SMILES string of the molecule is CC[C@@H](NC(=O)[C@H](C)N(c1cccc([N+](=O)[O-])c1)S(C)(=O)=O)c1ccc2c(c1)CCCC2. The molecule has 0 saturated heterocycles. The number of anilines is 1. The number of rotatable bonds is 8. The number of sulfonamides is 1. The third-order valence-corrected chi connectivity index (χ3v) is 7.12. The normalized spacial score (nSPS) is 15.3. The molecule has 3 rings (SSSR count). The molecule has 2 aromatic carbocycles. The highest BCUT2D eigenvalue weighted by atomic mass is 32.2. The molecule has 1 amide bonds. The van der Waals surface area contributed by atoms with Crippen molar-refractivity contribution in [2.45, 2.75) is 58.0 Å². The smallest absolute Gasteiger partial charge is 0.271 e. The molecule has 1 aliphatic rings. The van der Waals surface area contributed by atoms with Crippen LogP contribution in [0.5, 0.6) is 0 Å². The summed E-state index contributed by atoms with van der Waals surface area (Å²) < 4.78 is 26.0. The molecular weight excluding hydrogens is 430 g/mol. The average Bonchev–Trinajstić information content (AvgIpc) is 2.76. The maximum atomic E-state index is 13.1. The first-order valence-corrected chi connectivity index (χ1v) is 12.6. The fraction of sp³-hybridized carbons (Fsp3) is 0.435. The number of fused-ring (bicyclic) bond motifs is 1. The minimum Gasteiger partial charge on any atom is -0.347 e. The largest absolute Gasteiger partial charge is 0.347 e. The Morgan fingerprint density at radius 2 is 1.84 bits per heavy atom. The van der Waals surface area contributed by atoms with Gasteiger partial charge in [-0.25, -0.2) is 8.42 Å². The van der Waals surface area contributed by atoms with Gasteiger partial charge in [-0.1, -0.05) is 31.2 Å². The molecule has 0 fully saturated rings. The topological polar surface area (TPSA) is 110 Å². The molecular formula is C23H29N3O5S. The monoisotopic (exact) mass is 459 g/mol. The van der Waals surface area contributed by atoms with Crippen LogP contribution in [0.15, 0.2) is 42.5 Å². The number of nitro benzene ring substituents is 1. The van der Waals surface area contributed by atoms with Gasteiger partial charge in [-0.2, -0.15) is 0 Å². The summed E-state index contributed by atoms with van der Waals surface area (Å²) in [6, 6.07) is 10.2. The number of hydrogen-bond acceptors (Lipinski definition) is 5. The van der Waals surface area contributed by atoms with Crippen molar-refractivity contribution in [3.63, 3.8) is 0 Å². The van der Waals surface area contributed by atoms with Crippen LogP contribution in [0.3, 0.4) is 0 Å². The van der Waals surface area contributed by atoms with Crippen molar-refractivity contribution in [1.82, 2.24) is 5.32 Å². The van der Waals surface area contributed by atoms with E-state index in [9.17, 15) is 23.3 Å². The third kappa shape index (κ3) is 5.27. The van der Waals surface area contributed by atoms with Crippen LogP contribution >= 0.6 is 0 Å². The molecule has 2 aromatic rings. The van der Waals surface area contributed by atoms with Crippen LogP contribution in [-0.4, -0.2) is 31.5 Å². The van der Waals surface area contributed by atoms with Gasteiger partial charge in [0.25, 0.3) is 5.69 Å². The van der Waals surface area contributed by atoms with Gasteiger partial charge in [-0.05, 0) is 61.8 Å². The summed E-state index contributed by atoms with van der Waals surface area (Å²) in [4.78, 5) is 23.6. The van der Waals surface area contributed by atoms with Crippen molar-refractivity contribution in [2.24, 2.45) is 0 Å². The van der Waals surface area contributed by atoms with E-state index in [0.717, 1.165) is 41.5 Å². The molecule has 0 radical (unpaired) electrons. The predicted octanol–water partition coefficient (Wildman–Crippen LogP) is 3.90. The van der Waals surface area contributed by atoms with Gasteiger partial charge in [-0.15, -0.1) is 0 Å². The van der Waals surface area contributed by atoms with Crippen molar-refractivity contribution in [3.8, 4) is 0 Å². The number of carbonyl (C=O) groups excluding carboxylic acids is 1. The molecule has 1 aliphatic carbocycles. The van der Waals surface area contributed by atoms with Gasteiger partial charge in [0.2, 0.25) is 15.9 Å². The Bertz CT molecular complexity index is 1120. The molecule has 0 heterocycles. The lowest BCUT2D eigenvalue weighted by molar-refractivity contribution is -0.384. The number of nitrogens with one attached hydrogen (secondary N) is 1. The Balaban J connectivity index is 1.85. The van der Waals surface area contributed by atoms with Crippen molar-refractivity contribution < 1.29 is 18.1 Å². The fourth-order valence-corrected chi connectivity index (χ4v) is 5.40.